The van der Waals surface area contributed by atoms with E-state index in [0.717, 1.165) is 5.56 Å². The summed E-state index contributed by atoms with van der Waals surface area (Å²) in [6.45, 7) is 2.43. The number of carboxylic acids is 1. The molecule has 0 unspecified atom stereocenters. The minimum absolute atomic E-state index is 0.0833. The molecule has 29 heavy (non-hydrogen) atoms. The van der Waals surface area contributed by atoms with Gasteiger partial charge in [0.15, 0.2) is 5.75 Å². The SMILES string of the molecule is CCOc1cccc(-c2cc(Oc3c(Cl)cc(CC(=O)O)cc3Cl)ccc2O)c1. The predicted octanol–water partition coefficient (Wildman–Crippen LogP) is 6.18. The van der Waals surface area contributed by atoms with E-state index >= 15 is 0 Å². The smallest absolute Gasteiger partial charge is 0.307 e. The van der Waals surface area contributed by atoms with Crippen LogP contribution in [0.2, 0.25) is 10.0 Å². The lowest BCUT2D eigenvalue weighted by Crippen LogP contribution is -2.00. The van der Waals surface area contributed by atoms with Gasteiger partial charge in [0.25, 0.3) is 0 Å². The Morgan fingerprint density at radius 1 is 1.00 bits per heavy atom. The first kappa shape index (κ1) is 20.8. The summed E-state index contributed by atoms with van der Waals surface area (Å²) >= 11 is 12.5. The van der Waals surface area contributed by atoms with Crippen molar-refractivity contribution in [3.8, 4) is 34.1 Å². The van der Waals surface area contributed by atoms with Crippen LogP contribution in [0.4, 0.5) is 0 Å². The van der Waals surface area contributed by atoms with Crippen LogP contribution in [0, 0.1) is 0 Å². The van der Waals surface area contributed by atoms with E-state index in [2.05, 4.69) is 0 Å². The van der Waals surface area contributed by atoms with E-state index in [4.69, 9.17) is 37.8 Å². The molecule has 0 radical (unpaired) electrons. The number of phenolic OH excluding ortho intramolecular Hbond substituents is 1. The number of aliphatic carboxylic acids is 1. The van der Waals surface area contributed by atoms with Crippen molar-refractivity contribution in [2.24, 2.45) is 0 Å². The van der Waals surface area contributed by atoms with Gasteiger partial charge < -0.3 is 19.7 Å². The summed E-state index contributed by atoms with van der Waals surface area (Å²) in [7, 11) is 0. The van der Waals surface area contributed by atoms with Gasteiger partial charge in [0, 0.05) is 5.56 Å². The Bertz CT molecular complexity index is 1030. The van der Waals surface area contributed by atoms with Gasteiger partial charge in [-0.2, -0.15) is 0 Å². The number of rotatable bonds is 7. The van der Waals surface area contributed by atoms with Gasteiger partial charge in [0.1, 0.15) is 17.2 Å². The third-order valence-electron chi connectivity index (χ3n) is 4.06. The summed E-state index contributed by atoms with van der Waals surface area (Å²) in [6, 6.07) is 15.1. The first-order valence-electron chi connectivity index (χ1n) is 8.81. The molecule has 0 aliphatic heterocycles. The Balaban J connectivity index is 1.93. The fraction of sp³-hybridized carbons (Fsp3) is 0.136. The maximum absolute atomic E-state index is 10.9. The fourth-order valence-electron chi connectivity index (χ4n) is 2.83. The molecule has 7 heteroatoms. The Morgan fingerprint density at radius 3 is 2.38 bits per heavy atom. The van der Waals surface area contributed by atoms with E-state index in [-0.39, 0.29) is 28.0 Å². The van der Waals surface area contributed by atoms with Crippen LogP contribution in [0.5, 0.6) is 23.0 Å². The number of benzene rings is 3. The summed E-state index contributed by atoms with van der Waals surface area (Å²) in [6.07, 6.45) is -0.195. The van der Waals surface area contributed by atoms with Crippen molar-refractivity contribution in [3.63, 3.8) is 0 Å². The van der Waals surface area contributed by atoms with Gasteiger partial charge in [-0.1, -0.05) is 35.3 Å². The number of aromatic hydroxyl groups is 1. The van der Waals surface area contributed by atoms with Gasteiger partial charge >= 0.3 is 5.97 Å². The summed E-state index contributed by atoms with van der Waals surface area (Å²) in [5.41, 5.74) is 1.78. The second kappa shape index (κ2) is 9.07. The van der Waals surface area contributed by atoms with E-state index in [1.54, 1.807) is 12.1 Å². The van der Waals surface area contributed by atoms with Crippen LogP contribution in [0.1, 0.15) is 12.5 Å². The van der Waals surface area contributed by atoms with Gasteiger partial charge in [0.2, 0.25) is 0 Å². The molecule has 0 bridgehead atoms. The Kier molecular flexibility index (Phi) is 6.52. The molecule has 0 aliphatic rings. The van der Waals surface area contributed by atoms with Crippen molar-refractivity contribution in [2.45, 2.75) is 13.3 Å². The van der Waals surface area contributed by atoms with E-state index < -0.39 is 5.97 Å². The molecule has 3 rings (SSSR count). The third-order valence-corrected chi connectivity index (χ3v) is 4.62. The highest BCUT2D eigenvalue weighted by molar-refractivity contribution is 6.37. The van der Waals surface area contributed by atoms with Gasteiger partial charge in [0.05, 0.1) is 23.1 Å². The molecular weight excluding hydrogens is 415 g/mol. The molecule has 3 aromatic rings. The average Bonchev–Trinajstić information content (AvgIpc) is 2.66. The number of ether oxygens (including phenoxy) is 2. The van der Waals surface area contributed by atoms with E-state index in [9.17, 15) is 9.90 Å². The van der Waals surface area contributed by atoms with Crippen molar-refractivity contribution in [1.29, 1.82) is 0 Å². The second-order valence-electron chi connectivity index (χ2n) is 6.20. The van der Waals surface area contributed by atoms with Crippen LogP contribution in [0.3, 0.4) is 0 Å². The lowest BCUT2D eigenvalue weighted by molar-refractivity contribution is -0.136. The van der Waals surface area contributed by atoms with Gasteiger partial charge in [-0.25, -0.2) is 0 Å². The first-order chi connectivity index (χ1) is 13.9. The standard InChI is InChI=1S/C22H18Cl2O5/c1-2-28-15-5-3-4-14(11-15)17-12-16(6-7-20(17)25)29-22-18(23)8-13(9-19(22)24)10-21(26)27/h3-9,11-12,25H,2,10H2,1H3,(H,26,27). The van der Waals surface area contributed by atoms with Crippen LogP contribution < -0.4 is 9.47 Å². The average molecular weight is 433 g/mol. The number of phenols is 1. The molecule has 0 amide bonds. The molecule has 5 nitrogen and oxygen atoms in total. The normalized spacial score (nSPS) is 10.6. The van der Waals surface area contributed by atoms with E-state index in [1.165, 1.54) is 18.2 Å². The highest BCUT2D eigenvalue weighted by Crippen LogP contribution is 2.40. The molecule has 0 atom stereocenters. The minimum atomic E-state index is -0.983. The Hall–Kier alpha value is -2.89. The van der Waals surface area contributed by atoms with Gasteiger partial charge in [-0.15, -0.1) is 0 Å². The summed E-state index contributed by atoms with van der Waals surface area (Å²) < 4.78 is 11.4. The van der Waals surface area contributed by atoms with Crippen molar-refractivity contribution >= 4 is 29.2 Å². The fourth-order valence-corrected chi connectivity index (χ4v) is 3.44. The number of carbonyl (C=O) groups is 1. The van der Waals surface area contributed by atoms with Crippen molar-refractivity contribution in [3.05, 3.63) is 70.2 Å². The molecule has 0 fully saturated rings. The zero-order valence-electron chi connectivity index (χ0n) is 15.5. The lowest BCUT2D eigenvalue weighted by atomic mass is 10.0. The molecule has 0 aromatic heterocycles. The molecule has 0 heterocycles. The molecule has 0 saturated carbocycles. The summed E-state index contributed by atoms with van der Waals surface area (Å²) in [5, 5.41) is 19.6. The Labute approximate surface area is 178 Å². The summed E-state index contributed by atoms with van der Waals surface area (Å²) in [5.74, 6) is 0.413. The number of hydrogen-bond acceptors (Lipinski definition) is 4. The zero-order valence-corrected chi connectivity index (χ0v) is 17.0. The maximum Gasteiger partial charge on any atom is 0.307 e. The number of carboxylic acid groups (broad SMARTS) is 1. The Morgan fingerprint density at radius 2 is 1.72 bits per heavy atom. The molecule has 0 saturated heterocycles. The van der Waals surface area contributed by atoms with Crippen LogP contribution in [0.15, 0.2) is 54.6 Å². The van der Waals surface area contributed by atoms with E-state index in [0.29, 0.717) is 29.2 Å². The van der Waals surface area contributed by atoms with Gasteiger partial charge in [-0.05, 0) is 60.5 Å². The number of hydrogen-bond donors (Lipinski definition) is 2. The first-order valence-corrected chi connectivity index (χ1v) is 9.56. The molecule has 150 valence electrons. The third kappa shape index (κ3) is 5.13. The second-order valence-corrected chi connectivity index (χ2v) is 7.02. The van der Waals surface area contributed by atoms with Crippen LogP contribution in [0.25, 0.3) is 11.1 Å². The van der Waals surface area contributed by atoms with Crippen molar-refractivity contribution < 1.29 is 24.5 Å². The van der Waals surface area contributed by atoms with Crippen LogP contribution in [-0.4, -0.2) is 22.8 Å². The largest absolute Gasteiger partial charge is 0.507 e. The molecular formula is C22H18Cl2O5. The van der Waals surface area contributed by atoms with Crippen LogP contribution in [-0.2, 0) is 11.2 Å². The molecule has 0 aliphatic carbocycles. The molecule has 0 spiro atoms. The highest BCUT2D eigenvalue weighted by Gasteiger charge is 2.14. The lowest BCUT2D eigenvalue weighted by Gasteiger charge is -2.13. The topological polar surface area (TPSA) is 76.0 Å². The monoisotopic (exact) mass is 432 g/mol. The molecule has 2 N–H and O–H groups in total. The quantitative estimate of drug-likeness (QED) is 0.465. The highest BCUT2D eigenvalue weighted by atomic mass is 35.5. The van der Waals surface area contributed by atoms with Gasteiger partial charge in [-0.3, -0.25) is 4.79 Å². The summed E-state index contributed by atoms with van der Waals surface area (Å²) in [4.78, 5) is 10.9. The zero-order chi connectivity index (χ0) is 21.0. The van der Waals surface area contributed by atoms with Crippen molar-refractivity contribution in [1.82, 2.24) is 0 Å². The molecule has 3 aromatic carbocycles. The van der Waals surface area contributed by atoms with E-state index in [1.807, 2.05) is 31.2 Å². The van der Waals surface area contributed by atoms with Crippen molar-refractivity contribution in [2.75, 3.05) is 6.61 Å². The van der Waals surface area contributed by atoms with Crippen LogP contribution >= 0.6 is 23.2 Å². The maximum atomic E-state index is 10.9. The number of halogens is 2. The predicted molar refractivity (Wildman–Crippen MR) is 113 cm³/mol. The minimum Gasteiger partial charge on any atom is -0.507 e.